The van der Waals surface area contributed by atoms with Crippen molar-refractivity contribution in [2.75, 3.05) is 18.1 Å². The average Bonchev–Trinajstić information content (AvgIpc) is 2.80. The third-order valence-electron chi connectivity index (χ3n) is 3.24. The van der Waals surface area contributed by atoms with E-state index in [2.05, 4.69) is 17.2 Å². The van der Waals surface area contributed by atoms with Crippen molar-refractivity contribution in [1.29, 1.82) is 0 Å². The molecule has 1 aromatic heterocycles. The molecule has 1 N–H and O–H groups in total. The van der Waals surface area contributed by atoms with Crippen LogP contribution in [0.25, 0.3) is 0 Å². The molecule has 0 saturated heterocycles. The molecule has 6 heteroatoms. The lowest BCUT2D eigenvalue weighted by Crippen LogP contribution is -2.24. The number of imidazole rings is 1. The molecule has 0 aliphatic heterocycles. The predicted octanol–water partition coefficient (Wildman–Crippen LogP) is 1.68. The van der Waals surface area contributed by atoms with Gasteiger partial charge >= 0.3 is 0 Å². The van der Waals surface area contributed by atoms with Gasteiger partial charge in [-0.1, -0.05) is 13.8 Å². The van der Waals surface area contributed by atoms with Crippen LogP contribution in [0.1, 0.15) is 44.8 Å². The van der Waals surface area contributed by atoms with E-state index < -0.39 is 9.84 Å². The molecule has 0 bridgehead atoms. The molecule has 1 aromatic rings. The molecule has 0 radical (unpaired) electrons. The second-order valence-corrected chi connectivity index (χ2v) is 7.29. The molecular formula is C13H25N3O2S. The van der Waals surface area contributed by atoms with E-state index in [1.54, 1.807) is 13.3 Å². The van der Waals surface area contributed by atoms with Gasteiger partial charge in [-0.3, -0.25) is 0 Å². The van der Waals surface area contributed by atoms with Gasteiger partial charge in [0.25, 0.3) is 0 Å². The maximum absolute atomic E-state index is 11.5. The average molecular weight is 287 g/mol. The van der Waals surface area contributed by atoms with Gasteiger partial charge in [-0.05, 0) is 25.8 Å². The normalized spacial score (nSPS) is 13.6. The van der Waals surface area contributed by atoms with Crippen molar-refractivity contribution in [2.45, 2.75) is 39.2 Å². The number of sulfone groups is 1. The Morgan fingerprint density at radius 2 is 2.16 bits per heavy atom. The highest BCUT2D eigenvalue weighted by Gasteiger charge is 2.15. The Kier molecular flexibility index (Phi) is 6.51. The first-order valence-corrected chi connectivity index (χ1v) is 8.72. The maximum Gasteiger partial charge on any atom is 0.150 e. The van der Waals surface area contributed by atoms with Crippen LogP contribution in [0.2, 0.25) is 0 Å². The first-order valence-electron chi connectivity index (χ1n) is 6.90. The van der Waals surface area contributed by atoms with Crippen molar-refractivity contribution in [3.63, 3.8) is 0 Å². The standard InChI is InChI=1S/C13H25N3O2S/c1-4-8-15-12(13-10-14-11-16(13)3)7-6-9-19(17,18)5-2/h10-12,15H,4-9H2,1-3H3. The summed E-state index contributed by atoms with van der Waals surface area (Å²) in [6, 6.07) is 0.180. The van der Waals surface area contributed by atoms with Crippen molar-refractivity contribution in [2.24, 2.45) is 7.05 Å². The fraction of sp³-hybridized carbons (Fsp3) is 0.769. The molecule has 1 unspecified atom stereocenters. The SMILES string of the molecule is CCCNC(CCCS(=O)(=O)CC)c1cncn1C. The van der Waals surface area contributed by atoms with Gasteiger partial charge in [-0.15, -0.1) is 0 Å². The van der Waals surface area contributed by atoms with E-state index in [-0.39, 0.29) is 17.5 Å². The van der Waals surface area contributed by atoms with Crippen molar-refractivity contribution >= 4 is 9.84 Å². The number of hydrogen-bond donors (Lipinski definition) is 1. The Hall–Kier alpha value is -0.880. The smallest absolute Gasteiger partial charge is 0.150 e. The minimum absolute atomic E-state index is 0.180. The van der Waals surface area contributed by atoms with E-state index in [0.29, 0.717) is 6.42 Å². The summed E-state index contributed by atoms with van der Waals surface area (Å²) in [5, 5.41) is 3.46. The van der Waals surface area contributed by atoms with Crippen LogP contribution >= 0.6 is 0 Å². The fourth-order valence-electron chi connectivity index (χ4n) is 2.03. The summed E-state index contributed by atoms with van der Waals surface area (Å²) in [7, 11) is -0.901. The molecule has 0 amide bonds. The van der Waals surface area contributed by atoms with Crippen LogP contribution in [-0.4, -0.2) is 36.0 Å². The third kappa shape index (κ3) is 5.32. The monoisotopic (exact) mass is 287 g/mol. The molecule has 5 nitrogen and oxygen atoms in total. The maximum atomic E-state index is 11.5. The Morgan fingerprint density at radius 3 is 2.68 bits per heavy atom. The highest BCUT2D eigenvalue weighted by molar-refractivity contribution is 7.91. The Balaban J connectivity index is 2.59. The van der Waals surface area contributed by atoms with Gasteiger partial charge in [0, 0.05) is 25.0 Å². The number of nitrogens with zero attached hydrogens (tertiary/aromatic N) is 2. The summed E-state index contributed by atoms with van der Waals surface area (Å²) in [5.74, 6) is 0.497. The molecular weight excluding hydrogens is 262 g/mol. The number of aryl methyl sites for hydroxylation is 1. The second kappa shape index (κ2) is 7.65. The molecule has 110 valence electrons. The summed E-state index contributed by atoms with van der Waals surface area (Å²) < 4.78 is 25.0. The van der Waals surface area contributed by atoms with E-state index in [1.807, 2.05) is 17.8 Å². The molecule has 1 atom stereocenters. The Morgan fingerprint density at radius 1 is 1.42 bits per heavy atom. The zero-order valence-corrected chi connectivity index (χ0v) is 12.9. The lowest BCUT2D eigenvalue weighted by atomic mass is 10.1. The first-order chi connectivity index (χ1) is 9.00. The molecule has 1 rings (SSSR count). The summed E-state index contributed by atoms with van der Waals surface area (Å²) >= 11 is 0. The minimum atomic E-state index is -2.86. The number of aromatic nitrogens is 2. The molecule has 0 aliphatic rings. The van der Waals surface area contributed by atoms with Crippen LogP contribution in [-0.2, 0) is 16.9 Å². The lowest BCUT2D eigenvalue weighted by Gasteiger charge is -2.18. The Labute approximate surface area is 116 Å². The number of nitrogens with one attached hydrogen (secondary N) is 1. The molecule has 1 heterocycles. The van der Waals surface area contributed by atoms with E-state index in [9.17, 15) is 8.42 Å². The second-order valence-electron chi connectivity index (χ2n) is 4.81. The topological polar surface area (TPSA) is 64.0 Å². The molecule has 0 saturated carbocycles. The summed E-state index contributed by atoms with van der Waals surface area (Å²) in [5.41, 5.74) is 1.11. The minimum Gasteiger partial charge on any atom is -0.336 e. The number of hydrogen-bond acceptors (Lipinski definition) is 4. The third-order valence-corrected chi connectivity index (χ3v) is 5.03. The largest absolute Gasteiger partial charge is 0.336 e. The van der Waals surface area contributed by atoms with Crippen LogP contribution in [0, 0.1) is 0 Å². The molecule has 0 aromatic carbocycles. The van der Waals surface area contributed by atoms with Gasteiger partial charge in [0.2, 0.25) is 0 Å². The number of rotatable bonds is 9. The highest BCUT2D eigenvalue weighted by atomic mass is 32.2. The summed E-state index contributed by atoms with van der Waals surface area (Å²) in [6.07, 6.45) is 6.18. The first kappa shape index (κ1) is 16.2. The van der Waals surface area contributed by atoms with Gasteiger partial charge in [0.15, 0.2) is 0 Å². The highest BCUT2D eigenvalue weighted by Crippen LogP contribution is 2.18. The van der Waals surface area contributed by atoms with Crippen molar-refractivity contribution < 1.29 is 8.42 Å². The lowest BCUT2D eigenvalue weighted by molar-refractivity contribution is 0.471. The van der Waals surface area contributed by atoms with E-state index in [4.69, 9.17) is 0 Å². The van der Waals surface area contributed by atoms with Crippen molar-refractivity contribution in [1.82, 2.24) is 14.9 Å². The van der Waals surface area contributed by atoms with Gasteiger partial charge in [-0.2, -0.15) is 0 Å². The van der Waals surface area contributed by atoms with Crippen LogP contribution < -0.4 is 5.32 Å². The van der Waals surface area contributed by atoms with Crippen LogP contribution in [0.3, 0.4) is 0 Å². The van der Waals surface area contributed by atoms with E-state index in [0.717, 1.165) is 25.1 Å². The Bertz CT molecular complexity index is 468. The summed E-state index contributed by atoms with van der Waals surface area (Å²) in [4.78, 5) is 4.13. The fourth-order valence-corrected chi connectivity index (χ4v) is 2.92. The molecule has 0 fully saturated rings. The van der Waals surface area contributed by atoms with Gasteiger partial charge in [0.1, 0.15) is 9.84 Å². The predicted molar refractivity (Wildman–Crippen MR) is 77.8 cm³/mol. The molecule has 0 spiro atoms. The summed E-state index contributed by atoms with van der Waals surface area (Å²) in [6.45, 7) is 4.74. The van der Waals surface area contributed by atoms with E-state index >= 15 is 0 Å². The molecule has 0 aliphatic carbocycles. The van der Waals surface area contributed by atoms with Crippen LogP contribution in [0.15, 0.2) is 12.5 Å². The van der Waals surface area contributed by atoms with Gasteiger partial charge in [0.05, 0.1) is 17.8 Å². The van der Waals surface area contributed by atoms with Gasteiger partial charge < -0.3 is 9.88 Å². The van der Waals surface area contributed by atoms with Crippen LogP contribution in [0.5, 0.6) is 0 Å². The van der Waals surface area contributed by atoms with E-state index in [1.165, 1.54) is 0 Å². The zero-order valence-electron chi connectivity index (χ0n) is 12.1. The van der Waals surface area contributed by atoms with Crippen molar-refractivity contribution in [3.05, 3.63) is 18.2 Å². The zero-order chi connectivity index (χ0) is 14.3. The quantitative estimate of drug-likeness (QED) is 0.750. The van der Waals surface area contributed by atoms with Crippen LogP contribution in [0.4, 0.5) is 0 Å². The molecule has 19 heavy (non-hydrogen) atoms. The van der Waals surface area contributed by atoms with Crippen molar-refractivity contribution in [3.8, 4) is 0 Å². The van der Waals surface area contributed by atoms with Gasteiger partial charge in [-0.25, -0.2) is 13.4 Å².